The summed E-state index contributed by atoms with van der Waals surface area (Å²) in [6, 6.07) is 5.58. The molecule has 0 aliphatic carbocycles. The van der Waals surface area contributed by atoms with Crippen molar-refractivity contribution in [2.24, 2.45) is 0 Å². The van der Waals surface area contributed by atoms with Gasteiger partial charge in [-0.2, -0.15) is 57.1 Å². The van der Waals surface area contributed by atoms with Crippen LogP contribution in [0.4, 0.5) is 57.1 Å². The molecule has 1 rings (SSSR count). The van der Waals surface area contributed by atoms with Gasteiger partial charge in [-0.15, -0.1) is 0 Å². The number of carbonyl (C=O) groups is 6. The summed E-state index contributed by atoms with van der Waals surface area (Å²) in [5, 5.41) is 8.78. The van der Waals surface area contributed by atoms with E-state index in [4.69, 9.17) is 5.11 Å². The molecule has 0 atom stereocenters. The average Bonchev–Trinajstić information content (AvgIpc) is 3.21. The minimum atomic E-state index is -6.25. The van der Waals surface area contributed by atoms with Crippen LogP contribution in [0.2, 0.25) is 0 Å². The molecule has 0 aliphatic heterocycles. The summed E-state index contributed by atoms with van der Waals surface area (Å²) in [5.74, 6) is -18.1. The number of esters is 6. The lowest BCUT2D eigenvalue weighted by atomic mass is 10.00. The molecule has 0 fully saturated rings. The van der Waals surface area contributed by atoms with E-state index in [1.54, 1.807) is 0 Å². The summed E-state index contributed by atoms with van der Waals surface area (Å²) >= 11 is 0. The van der Waals surface area contributed by atoms with E-state index in [2.05, 4.69) is 59.5 Å². The first-order valence-corrected chi connectivity index (χ1v) is 22.1. The lowest BCUT2D eigenvalue weighted by Crippen LogP contribution is -2.62. The zero-order chi connectivity index (χ0) is 59.7. The summed E-state index contributed by atoms with van der Waals surface area (Å²) in [6.45, 7) is 22.0. The second kappa shape index (κ2) is 27.5. The van der Waals surface area contributed by atoms with E-state index in [9.17, 15) is 94.3 Å². The quantitative estimate of drug-likeness (QED) is 0.0463. The Kier molecular flexibility index (Phi) is 26.8. The molecule has 0 saturated heterocycles. The number of hydrogen-bond acceptors (Lipinski definition) is 15. The van der Waals surface area contributed by atoms with Crippen molar-refractivity contribution < 1.29 is 128 Å². The number of benzene rings is 1. The Hall–Kier alpha value is -6.04. The summed E-state index contributed by atoms with van der Waals surface area (Å²) in [7, 11) is -3.21. The van der Waals surface area contributed by atoms with Crippen LogP contribution >= 0.6 is 0 Å². The zero-order valence-electron chi connectivity index (χ0n) is 41.5. The SMILES string of the molecule is C=C(C)C(=O)OC(C)(C)C(F)(F)C(=O)OC(C)(C)C.C=C(C)C(=O)OC(C)(C)C(F)(F)C(=O)OCC(F)(F)F.C=C(C)C(=O)OCCNS(C)(=O)=O.C=Cc1ccc(COC(=O)C(O)(C(F)(F)F)C(F)(F)F)cc1. The molecule has 1 aromatic rings. The van der Waals surface area contributed by atoms with E-state index >= 15 is 0 Å². The summed E-state index contributed by atoms with van der Waals surface area (Å²) < 4.78 is 214. The van der Waals surface area contributed by atoms with Gasteiger partial charge in [-0.3, -0.25) is 0 Å². The van der Waals surface area contributed by atoms with Gasteiger partial charge in [0, 0.05) is 23.3 Å². The van der Waals surface area contributed by atoms with Gasteiger partial charge in [0.05, 0.1) is 6.26 Å². The Morgan fingerprint density at radius 3 is 1.28 bits per heavy atom. The number of rotatable bonds is 18. The fraction of sp³-hybridized carbons (Fsp3) is 0.545. The van der Waals surface area contributed by atoms with Gasteiger partial charge >= 0.3 is 71.8 Å². The molecule has 0 heterocycles. The predicted molar refractivity (Wildman–Crippen MR) is 235 cm³/mol. The van der Waals surface area contributed by atoms with Crippen molar-refractivity contribution in [3.8, 4) is 0 Å². The van der Waals surface area contributed by atoms with Crippen molar-refractivity contribution in [3.63, 3.8) is 0 Å². The normalized spacial score (nSPS) is 12.5. The highest BCUT2D eigenvalue weighted by molar-refractivity contribution is 7.88. The van der Waals surface area contributed by atoms with Crippen LogP contribution in [0.3, 0.4) is 0 Å². The Balaban J connectivity index is -0.000000922. The first-order valence-electron chi connectivity index (χ1n) is 20.2. The van der Waals surface area contributed by atoms with Crippen LogP contribution in [0.15, 0.2) is 67.3 Å². The lowest BCUT2D eigenvalue weighted by molar-refractivity contribution is -0.357. The molecule has 0 radical (unpaired) electrons. The highest BCUT2D eigenvalue weighted by Crippen LogP contribution is 2.44. The molecule has 424 valence electrons. The van der Waals surface area contributed by atoms with Gasteiger partial charge in [-0.25, -0.2) is 41.9 Å². The highest BCUT2D eigenvalue weighted by Gasteiger charge is 2.76. The monoisotopic (exact) mass is 1120 g/mol. The first kappa shape index (κ1) is 72.2. The van der Waals surface area contributed by atoms with Crippen molar-refractivity contribution in [3.05, 3.63) is 78.4 Å². The minimum Gasteiger partial charge on any atom is -0.461 e. The second-order valence-electron chi connectivity index (χ2n) is 17.0. The average molecular weight is 1120 g/mol. The molecule has 1 aromatic carbocycles. The zero-order valence-corrected chi connectivity index (χ0v) is 42.3. The maximum Gasteiger partial charge on any atom is 0.437 e. The molecule has 0 bridgehead atoms. The third kappa shape index (κ3) is 24.8. The molecular weight excluding hydrogens is 1060 g/mol. The Bertz CT molecular complexity index is 2270. The molecule has 0 spiro atoms. The molecule has 0 aromatic heterocycles. The highest BCUT2D eigenvalue weighted by atomic mass is 32.2. The third-order valence-corrected chi connectivity index (χ3v) is 8.66. The maximum atomic E-state index is 14.0. The standard InChI is InChI=1S/C13H10F6O3.C13H20F2O4.C11H13F5O4.C7H13NO4S/c1-2-8-3-5-9(6-4-8)7-22-10(20)11(21,12(14,15)16)13(17,18)19;1-8(2)9(16)18-12(6,7)13(14,15)10(17)19-11(3,4)5;1-6(2)7(17)20-9(3,4)11(15,16)8(18)19-5-10(12,13)14;1-6(2)7(9)12-5-4-8-13(3,10)11/h2-6,21H,1,7H2;1H2,2-7H3;1,5H2,2-4H3;8H,1,4-5H2,2-3H3. The number of aliphatic hydroxyl groups is 1. The van der Waals surface area contributed by atoms with E-state index in [1.165, 1.54) is 71.9 Å². The molecule has 2 N–H and O–H groups in total. The van der Waals surface area contributed by atoms with Crippen LogP contribution < -0.4 is 4.72 Å². The molecule has 16 nitrogen and oxygen atoms in total. The second-order valence-corrected chi connectivity index (χ2v) is 18.8. The third-order valence-electron chi connectivity index (χ3n) is 7.93. The number of hydrogen-bond donors (Lipinski definition) is 2. The van der Waals surface area contributed by atoms with Crippen LogP contribution in [-0.4, -0.2) is 128 Å². The molecule has 74 heavy (non-hydrogen) atoms. The molecule has 30 heteroatoms. The number of halogens is 13. The van der Waals surface area contributed by atoms with Crippen LogP contribution in [0.5, 0.6) is 0 Å². The van der Waals surface area contributed by atoms with Crippen molar-refractivity contribution in [1.29, 1.82) is 0 Å². The van der Waals surface area contributed by atoms with Gasteiger partial charge in [-0.05, 0) is 80.4 Å². The minimum absolute atomic E-state index is 0.0127. The number of ether oxygens (including phenoxy) is 6. The van der Waals surface area contributed by atoms with E-state index < -0.39 is 112 Å². The molecule has 0 aliphatic rings. The summed E-state index contributed by atoms with van der Waals surface area (Å²) in [4.78, 5) is 66.9. The topological polar surface area (TPSA) is 224 Å². The van der Waals surface area contributed by atoms with E-state index in [1.807, 2.05) is 0 Å². The number of nitrogens with one attached hydrogen (secondary N) is 1. The van der Waals surface area contributed by atoms with Crippen LogP contribution in [0, 0.1) is 0 Å². The van der Waals surface area contributed by atoms with Gasteiger partial charge in [0.25, 0.3) is 0 Å². The van der Waals surface area contributed by atoms with Crippen molar-refractivity contribution in [1.82, 2.24) is 4.72 Å². The number of alkyl halides is 13. The molecule has 0 saturated carbocycles. The Morgan fingerprint density at radius 1 is 0.595 bits per heavy atom. The van der Waals surface area contributed by atoms with Crippen LogP contribution in [0.25, 0.3) is 6.08 Å². The van der Waals surface area contributed by atoms with Gasteiger partial charge in [0.1, 0.15) is 18.8 Å². The first-order chi connectivity index (χ1) is 32.7. The Labute approximate surface area is 416 Å². The van der Waals surface area contributed by atoms with Crippen molar-refractivity contribution in [2.75, 3.05) is 26.0 Å². The lowest BCUT2D eigenvalue weighted by Gasteiger charge is -2.33. The smallest absolute Gasteiger partial charge is 0.437 e. The molecular formula is C44H56F13NO15S. The number of carbonyl (C=O) groups excluding carboxylic acids is 6. The van der Waals surface area contributed by atoms with Gasteiger partial charge in [0.15, 0.2) is 17.8 Å². The van der Waals surface area contributed by atoms with Crippen LogP contribution in [0.1, 0.15) is 80.4 Å². The predicted octanol–water partition coefficient (Wildman–Crippen LogP) is 8.37. The molecule has 0 unspecified atom stereocenters. The Morgan fingerprint density at radius 2 is 0.973 bits per heavy atom. The van der Waals surface area contributed by atoms with E-state index in [-0.39, 0.29) is 29.9 Å². The van der Waals surface area contributed by atoms with Crippen molar-refractivity contribution >= 4 is 51.9 Å². The van der Waals surface area contributed by atoms with Crippen molar-refractivity contribution in [2.45, 2.75) is 129 Å². The largest absolute Gasteiger partial charge is 0.461 e. The van der Waals surface area contributed by atoms with Gasteiger partial charge in [-0.1, -0.05) is 56.7 Å². The van der Waals surface area contributed by atoms with Gasteiger partial charge < -0.3 is 33.5 Å². The van der Waals surface area contributed by atoms with Crippen LogP contribution in [-0.2, 0) is 73.8 Å². The summed E-state index contributed by atoms with van der Waals surface area (Å²) in [5.41, 5.74) is -10.8. The fourth-order valence-electron chi connectivity index (χ4n) is 3.73. The molecule has 0 amide bonds. The maximum absolute atomic E-state index is 14.0. The number of sulfonamides is 1. The van der Waals surface area contributed by atoms with Gasteiger partial charge in [0.2, 0.25) is 10.0 Å². The van der Waals surface area contributed by atoms with E-state index in [0.717, 1.165) is 20.1 Å². The summed E-state index contributed by atoms with van der Waals surface area (Å²) in [6.07, 6.45) is -15.0. The van der Waals surface area contributed by atoms with E-state index in [0.29, 0.717) is 25.0 Å². The fourth-order valence-corrected chi connectivity index (χ4v) is 4.18.